The van der Waals surface area contributed by atoms with Crippen LogP contribution in [0.25, 0.3) is 22.5 Å². The summed E-state index contributed by atoms with van der Waals surface area (Å²) in [5.74, 6) is 0.667. The van der Waals surface area contributed by atoms with E-state index in [1.807, 2.05) is 36.4 Å². The summed E-state index contributed by atoms with van der Waals surface area (Å²) in [6.45, 7) is 18.7. The van der Waals surface area contributed by atoms with Gasteiger partial charge in [-0.15, -0.1) is 71.8 Å². The zero-order chi connectivity index (χ0) is 26.3. The fourth-order valence-electron chi connectivity index (χ4n) is 4.04. The molecule has 0 unspecified atom stereocenters. The minimum absolute atomic E-state index is 0. The first kappa shape index (κ1) is 31.0. The minimum Gasteiger partial charge on any atom is -0.306 e. The topological polar surface area (TPSA) is 25.8 Å². The second-order valence-electron chi connectivity index (χ2n) is 11.8. The molecule has 37 heavy (non-hydrogen) atoms. The number of hydrogen-bond acceptors (Lipinski definition) is 2. The van der Waals surface area contributed by atoms with E-state index in [-0.39, 0.29) is 20.1 Å². The molecule has 0 spiro atoms. The van der Waals surface area contributed by atoms with Crippen molar-refractivity contribution in [1.82, 2.24) is 9.97 Å². The third-order valence-electron chi connectivity index (χ3n) is 5.91. The predicted octanol–water partition coefficient (Wildman–Crippen LogP) is 7.38. The van der Waals surface area contributed by atoms with Gasteiger partial charge in [0.1, 0.15) is 0 Å². The molecule has 0 N–H and O–H groups in total. The molecule has 1 radical (unpaired) electrons. The van der Waals surface area contributed by atoms with Gasteiger partial charge in [-0.05, 0) is 35.0 Å². The normalized spacial score (nSPS) is 11.4. The molecule has 0 saturated carbocycles. The molecule has 0 atom stereocenters. The number of nitrogens with zero attached hydrogens (tertiary/aromatic N) is 2. The Balaban J connectivity index is 0.000000259. The van der Waals surface area contributed by atoms with Crippen molar-refractivity contribution in [3.05, 3.63) is 96.7 Å². The number of pyridine rings is 2. The van der Waals surface area contributed by atoms with Crippen LogP contribution in [-0.4, -0.2) is 26.1 Å². The molecule has 0 aliphatic heterocycles. The summed E-state index contributed by atoms with van der Waals surface area (Å²) >= 11 is 0. The molecule has 2 aromatic carbocycles. The molecule has 4 rings (SSSR count). The molecule has 0 aliphatic carbocycles. The number of benzene rings is 2. The molecule has 0 amide bonds. The molecule has 5 heteroatoms. The molecule has 2 aromatic heterocycles. The van der Waals surface area contributed by atoms with Crippen LogP contribution < -0.4 is 10.5 Å². The van der Waals surface area contributed by atoms with Crippen molar-refractivity contribution in [2.45, 2.75) is 59.6 Å². The Morgan fingerprint density at radius 3 is 1.81 bits per heavy atom. The summed E-state index contributed by atoms with van der Waals surface area (Å²) < 4.78 is 0. The van der Waals surface area contributed by atoms with E-state index in [1.54, 1.807) is 0 Å². The van der Waals surface area contributed by atoms with Crippen LogP contribution in [0.2, 0.25) is 39.3 Å². The fourth-order valence-corrected chi connectivity index (χ4v) is 6.68. The van der Waals surface area contributed by atoms with Crippen LogP contribution >= 0.6 is 0 Å². The van der Waals surface area contributed by atoms with E-state index < -0.39 is 16.1 Å². The molecular formula is C32H40IrN2Si2-2. The summed E-state index contributed by atoms with van der Waals surface area (Å²) in [6.07, 6.45) is 3.24. The van der Waals surface area contributed by atoms with Crippen LogP contribution in [-0.2, 0) is 26.5 Å². The van der Waals surface area contributed by atoms with Crippen molar-refractivity contribution in [1.29, 1.82) is 0 Å². The molecule has 2 heterocycles. The van der Waals surface area contributed by atoms with Crippen LogP contribution in [0.3, 0.4) is 0 Å². The summed E-state index contributed by atoms with van der Waals surface area (Å²) in [5, 5.41) is 2.74. The Hall–Kier alpha value is -2.18. The largest absolute Gasteiger partial charge is 0.306 e. The second kappa shape index (κ2) is 13.6. The van der Waals surface area contributed by atoms with Gasteiger partial charge in [-0.2, -0.15) is 0 Å². The van der Waals surface area contributed by atoms with Crippen LogP contribution in [0.4, 0.5) is 0 Å². The van der Waals surface area contributed by atoms with E-state index >= 15 is 0 Å². The smallest absolute Gasteiger partial charge is 0.0999 e. The zero-order valence-electron chi connectivity index (χ0n) is 23.5. The predicted molar refractivity (Wildman–Crippen MR) is 162 cm³/mol. The Kier molecular flexibility index (Phi) is 11.4. The van der Waals surface area contributed by atoms with Gasteiger partial charge in [0.05, 0.1) is 16.1 Å². The first-order chi connectivity index (χ1) is 16.9. The number of hydrogen-bond donors (Lipinski definition) is 0. The van der Waals surface area contributed by atoms with Gasteiger partial charge in [0.25, 0.3) is 0 Å². The van der Waals surface area contributed by atoms with E-state index in [0.717, 1.165) is 28.9 Å². The van der Waals surface area contributed by atoms with Crippen molar-refractivity contribution in [2.24, 2.45) is 5.92 Å². The molecule has 2 nitrogen and oxygen atoms in total. The van der Waals surface area contributed by atoms with Crippen molar-refractivity contribution in [2.75, 3.05) is 0 Å². The van der Waals surface area contributed by atoms with Crippen molar-refractivity contribution < 1.29 is 20.1 Å². The van der Waals surface area contributed by atoms with Gasteiger partial charge >= 0.3 is 0 Å². The summed E-state index contributed by atoms with van der Waals surface area (Å²) in [7, 11) is -2.66. The summed E-state index contributed by atoms with van der Waals surface area (Å²) in [5.41, 5.74) is 5.70. The quantitative estimate of drug-likeness (QED) is 0.155. The Morgan fingerprint density at radius 1 is 0.730 bits per heavy atom. The number of rotatable bonds is 6. The van der Waals surface area contributed by atoms with Gasteiger partial charge in [0.15, 0.2) is 0 Å². The number of aromatic nitrogens is 2. The average Bonchev–Trinajstić information content (AvgIpc) is 2.84. The summed E-state index contributed by atoms with van der Waals surface area (Å²) in [6, 6.07) is 31.1. The van der Waals surface area contributed by atoms with Gasteiger partial charge in [0, 0.05) is 31.6 Å². The Labute approximate surface area is 240 Å². The molecule has 0 aliphatic rings. The Morgan fingerprint density at radius 2 is 1.32 bits per heavy atom. The molecule has 0 bridgehead atoms. The van der Waals surface area contributed by atoms with E-state index in [9.17, 15) is 0 Å². The van der Waals surface area contributed by atoms with E-state index in [2.05, 4.69) is 113 Å². The molecular weight excluding hydrogens is 661 g/mol. The monoisotopic (exact) mass is 701 g/mol. The van der Waals surface area contributed by atoms with Crippen molar-refractivity contribution >= 4 is 26.7 Å². The fraction of sp³-hybridized carbons (Fsp3) is 0.312. The van der Waals surface area contributed by atoms with Crippen molar-refractivity contribution in [3.63, 3.8) is 0 Å². The molecule has 0 saturated heterocycles. The molecule has 0 fully saturated rings. The maximum Gasteiger partial charge on any atom is 0.0999 e. The standard InChI is InChI=1S/C18H24NSi.C14H16NSi.Ir/c1-14(2)11-16-12-17(15-9-7-6-8-10-15)19-13-18(16)20(3,4)5;1-16(2,3)14-11-7-10-13(15-14)12-8-5-4-6-9-12;/h6-9,12-14H,11H2,1-5H3;4-8,10-11H,1-3H3;/q2*-1;. The summed E-state index contributed by atoms with van der Waals surface area (Å²) in [4.78, 5) is 9.43. The van der Waals surface area contributed by atoms with Gasteiger partial charge in [-0.1, -0.05) is 76.9 Å². The maximum absolute atomic E-state index is 4.74. The first-order valence-corrected chi connectivity index (χ1v) is 19.9. The van der Waals surface area contributed by atoms with Gasteiger partial charge in [0.2, 0.25) is 0 Å². The van der Waals surface area contributed by atoms with Crippen LogP contribution in [0, 0.1) is 18.1 Å². The average molecular weight is 701 g/mol. The van der Waals surface area contributed by atoms with Crippen molar-refractivity contribution in [3.8, 4) is 22.5 Å². The van der Waals surface area contributed by atoms with E-state index in [1.165, 1.54) is 16.1 Å². The second-order valence-corrected chi connectivity index (χ2v) is 21.8. The minimum atomic E-state index is -1.34. The Bertz CT molecular complexity index is 1250. The molecule has 4 aromatic rings. The van der Waals surface area contributed by atoms with Gasteiger partial charge in [-0.25, -0.2) is 0 Å². The SMILES string of the molecule is CC(C)Cc1cc(-c2[c-]cccc2)ncc1[Si](C)(C)C.C[Si](C)(C)c1cccc(-c2[c-]cccc2)n1.[Ir]. The zero-order valence-corrected chi connectivity index (χ0v) is 27.9. The third kappa shape index (κ3) is 9.26. The van der Waals surface area contributed by atoms with E-state index in [0.29, 0.717) is 5.92 Å². The third-order valence-corrected chi connectivity index (χ3v) is 9.79. The van der Waals surface area contributed by atoms with Crippen LogP contribution in [0.15, 0.2) is 79.0 Å². The molecule has 197 valence electrons. The first-order valence-electron chi connectivity index (χ1n) is 12.9. The maximum atomic E-state index is 4.74. The van der Waals surface area contributed by atoms with Gasteiger partial charge < -0.3 is 9.97 Å². The van der Waals surface area contributed by atoms with Crippen LogP contribution in [0.5, 0.6) is 0 Å². The van der Waals surface area contributed by atoms with Crippen LogP contribution in [0.1, 0.15) is 19.4 Å². The van der Waals surface area contributed by atoms with Gasteiger partial charge in [-0.3, -0.25) is 0 Å². The van der Waals surface area contributed by atoms with E-state index in [4.69, 9.17) is 4.98 Å².